The van der Waals surface area contributed by atoms with Crippen LogP contribution in [0.1, 0.15) is 24.0 Å². The molecule has 0 aromatic heterocycles. The molecular weight excluding hydrogens is 315 g/mol. The lowest BCUT2D eigenvalue weighted by atomic mass is 10.1. The predicted octanol–water partition coefficient (Wildman–Crippen LogP) is 3.56. The van der Waals surface area contributed by atoms with Crippen LogP contribution in [0.25, 0.3) is 0 Å². The summed E-state index contributed by atoms with van der Waals surface area (Å²) in [6.45, 7) is 0.468. The van der Waals surface area contributed by atoms with E-state index in [4.69, 9.17) is 5.73 Å². The summed E-state index contributed by atoms with van der Waals surface area (Å²) in [5.41, 5.74) is 8.13. The molecule has 0 atom stereocenters. The van der Waals surface area contributed by atoms with E-state index in [9.17, 15) is 9.18 Å². The maximum absolute atomic E-state index is 13.3. The van der Waals surface area contributed by atoms with Gasteiger partial charge < -0.3 is 10.6 Å². The number of hydrogen-bond acceptors (Lipinski definition) is 2. The van der Waals surface area contributed by atoms with Gasteiger partial charge in [0.15, 0.2) is 0 Å². The number of nitrogens with two attached hydrogens (primary N) is 1. The van der Waals surface area contributed by atoms with Crippen molar-refractivity contribution in [3.05, 3.63) is 65.5 Å². The number of halogens is 2. The van der Waals surface area contributed by atoms with E-state index in [2.05, 4.69) is 0 Å². The first kappa shape index (κ1) is 17.3. The first-order valence-corrected chi connectivity index (χ1v) is 7.50. The molecule has 0 spiro atoms. The van der Waals surface area contributed by atoms with E-state index in [0.29, 0.717) is 24.7 Å². The summed E-state index contributed by atoms with van der Waals surface area (Å²) >= 11 is 0. The maximum atomic E-state index is 13.3. The highest BCUT2D eigenvalue weighted by atomic mass is 35.5. The number of carbonyl (C=O) groups is 1. The number of carbonyl (C=O) groups excluding carboxylic acids is 1. The highest BCUT2D eigenvalue weighted by molar-refractivity contribution is 5.85. The van der Waals surface area contributed by atoms with Crippen LogP contribution in [0.2, 0.25) is 0 Å². The zero-order valence-corrected chi connectivity index (χ0v) is 13.6. The normalized spacial score (nSPS) is 13.3. The summed E-state index contributed by atoms with van der Waals surface area (Å²) in [6, 6.07) is 14.1. The van der Waals surface area contributed by atoms with Crippen molar-refractivity contribution in [1.29, 1.82) is 0 Å². The Labute approximate surface area is 141 Å². The second-order valence-corrected chi connectivity index (χ2v) is 5.80. The van der Waals surface area contributed by atoms with Gasteiger partial charge in [0, 0.05) is 18.3 Å². The fraction of sp³-hybridized carbons (Fsp3) is 0.278. The van der Waals surface area contributed by atoms with Gasteiger partial charge in [0.2, 0.25) is 5.91 Å². The smallest absolute Gasteiger partial charge is 0.227 e. The van der Waals surface area contributed by atoms with Gasteiger partial charge >= 0.3 is 0 Å². The largest absolute Gasteiger partial charge is 0.399 e. The van der Waals surface area contributed by atoms with E-state index >= 15 is 0 Å². The molecule has 1 fully saturated rings. The molecule has 122 valence electrons. The molecule has 0 unspecified atom stereocenters. The van der Waals surface area contributed by atoms with Gasteiger partial charge in [0.05, 0.1) is 6.42 Å². The fourth-order valence-electron chi connectivity index (χ4n) is 2.55. The molecule has 1 aliphatic carbocycles. The molecule has 1 saturated carbocycles. The number of rotatable bonds is 5. The molecule has 5 heteroatoms. The van der Waals surface area contributed by atoms with Gasteiger partial charge in [-0.15, -0.1) is 12.4 Å². The summed E-state index contributed by atoms with van der Waals surface area (Å²) in [4.78, 5) is 14.4. The lowest BCUT2D eigenvalue weighted by Gasteiger charge is -2.23. The molecule has 0 aliphatic heterocycles. The third-order valence-electron chi connectivity index (χ3n) is 3.89. The van der Waals surface area contributed by atoms with Crippen molar-refractivity contribution < 1.29 is 9.18 Å². The van der Waals surface area contributed by atoms with Crippen LogP contribution >= 0.6 is 12.4 Å². The Morgan fingerprint density at radius 2 is 1.83 bits per heavy atom. The minimum atomic E-state index is -0.265. The second kappa shape index (κ2) is 7.47. The molecule has 1 amide bonds. The topological polar surface area (TPSA) is 46.3 Å². The van der Waals surface area contributed by atoms with Crippen LogP contribution in [-0.4, -0.2) is 16.8 Å². The van der Waals surface area contributed by atoms with E-state index in [1.165, 1.54) is 12.1 Å². The van der Waals surface area contributed by atoms with Crippen molar-refractivity contribution in [2.24, 2.45) is 0 Å². The Balaban J connectivity index is 0.00000192. The Kier molecular flexibility index (Phi) is 5.61. The van der Waals surface area contributed by atoms with Crippen molar-refractivity contribution >= 4 is 24.0 Å². The van der Waals surface area contributed by atoms with E-state index in [-0.39, 0.29) is 24.1 Å². The van der Waals surface area contributed by atoms with Crippen molar-refractivity contribution in [2.45, 2.75) is 31.8 Å². The van der Waals surface area contributed by atoms with E-state index in [0.717, 1.165) is 24.0 Å². The number of hydrogen-bond donors (Lipinski definition) is 1. The average molecular weight is 335 g/mol. The Morgan fingerprint density at radius 3 is 2.43 bits per heavy atom. The SMILES string of the molecule is Cl.Nc1ccc(CC(=O)N(Cc2cccc(F)c2)C2CC2)cc1. The number of benzene rings is 2. The van der Waals surface area contributed by atoms with Crippen LogP contribution < -0.4 is 5.73 Å². The van der Waals surface area contributed by atoms with E-state index < -0.39 is 0 Å². The third kappa shape index (κ3) is 4.70. The number of nitrogens with zero attached hydrogens (tertiary/aromatic N) is 1. The Hall–Kier alpha value is -2.07. The lowest BCUT2D eigenvalue weighted by Crippen LogP contribution is -2.33. The van der Waals surface area contributed by atoms with Crippen molar-refractivity contribution in [1.82, 2.24) is 4.90 Å². The van der Waals surface area contributed by atoms with Crippen molar-refractivity contribution in [3.8, 4) is 0 Å². The van der Waals surface area contributed by atoms with Gasteiger partial charge in [0.25, 0.3) is 0 Å². The molecule has 2 aromatic rings. The Bertz CT molecular complexity index is 671. The second-order valence-electron chi connectivity index (χ2n) is 5.80. The van der Waals surface area contributed by atoms with Gasteiger partial charge in [-0.3, -0.25) is 4.79 Å². The maximum Gasteiger partial charge on any atom is 0.227 e. The zero-order valence-electron chi connectivity index (χ0n) is 12.7. The van der Waals surface area contributed by atoms with Gasteiger partial charge in [-0.1, -0.05) is 24.3 Å². The highest BCUT2D eigenvalue weighted by Gasteiger charge is 2.32. The van der Waals surface area contributed by atoms with Gasteiger partial charge in [-0.25, -0.2) is 4.39 Å². The van der Waals surface area contributed by atoms with E-state index in [1.54, 1.807) is 18.2 Å². The lowest BCUT2D eigenvalue weighted by molar-refractivity contribution is -0.131. The summed E-state index contributed by atoms with van der Waals surface area (Å²) < 4.78 is 13.3. The summed E-state index contributed by atoms with van der Waals surface area (Å²) in [5.74, 6) is -0.184. The quantitative estimate of drug-likeness (QED) is 0.850. The Morgan fingerprint density at radius 1 is 1.13 bits per heavy atom. The third-order valence-corrected chi connectivity index (χ3v) is 3.89. The summed E-state index contributed by atoms with van der Waals surface area (Å²) in [7, 11) is 0. The van der Waals surface area contributed by atoms with Gasteiger partial charge in [0.1, 0.15) is 5.82 Å². The van der Waals surface area contributed by atoms with Crippen LogP contribution in [0.4, 0.5) is 10.1 Å². The molecule has 0 bridgehead atoms. The van der Waals surface area contributed by atoms with Gasteiger partial charge in [-0.2, -0.15) is 0 Å². The monoisotopic (exact) mass is 334 g/mol. The van der Waals surface area contributed by atoms with E-state index in [1.807, 2.05) is 23.1 Å². The number of anilines is 1. The number of amides is 1. The molecule has 0 radical (unpaired) electrons. The molecule has 2 N–H and O–H groups in total. The first-order chi connectivity index (χ1) is 10.6. The fourth-order valence-corrected chi connectivity index (χ4v) is 2.55. The molecule has 0 saturated heterocycles. The van der Waals surface area contributed by atoms with Crippen LogP contribution in [0.5, 0.6) is 0 Å². The van der Waals surface area contributed by atoms with Crippen LogP contribution in [-0.2, 0) is 17.8 Å². The molecule has 3 rings (SSSR count). The first-order valence-electron chi connectivity index (χ1n) is 7.50. The highest BCUT2D eigenvalue weighted by Crippen LogP contribution is 2.29. The molecule has 0 heterocycles. The number of nitrogen functional groups attached to an aromatic ring is 1. The average Bonchev–Trinajstić information content (AvgIpc) is 3.32. The van der Waals surface area contributed by atoms with Crippen LogP contribution in [0.3, 0.4) is 0 Å². The standard InChI is InChI=1S/C18H19FN2O.ClH/c19-15-3-1-2-14(10-15)12-21(17-8-9-17)18(22)11-13-4-6-16(20)7-5-13;/h1-7,10,17H,8-9,11-12,20H2;1H. The molecule has 2 aromatic carbocycles. The minimum Gasteiger partial charge on any atom is -0.399 e. The molecule has 23 heavy (non-hydrogen) atoms. The van der Waals surface area contributed by atoms with Crippen molar-refractivity contribution in [3.63, 3.8) is 0 Å². The van der Waals surface area contributed by atoms with Crippen LogP contribution in [0, 0.1) is 5.82 Å². The molecule has 3 nitrogen and oxygen atoms in total. The molecular formula is C18H20ClFN2O. The summed E-state index contributed by atoms with van der Waals surface area (Å²) in [6.07, 6.45) is 2.41. The van der Waals surface area contributed by atoms with Crippen molar-refractivity contribution in [2.75, 3.05) is 5.73 Å². The summed E-state index contributed by atoms with van der Waals surface area (Å²) in [5, 5.41) is 0. The molecule has 1 aliphatic rings. The van der Waals surface area contributed by atoms with Gasteiger partial charge in [-0.05, 0) is 48.2 Å². The van der Waals surface area contributed by atoms with Crippen LogP contribution in [0.15, 0.2) is 48.5 Å². The zero-order chi connectivity index (χ0) is 15.5. The predicted molar refractivity (Wildman–Crippen MR) is 91.8 cm³/mol. The minimum absolute atomic E-state index is 0.